The highest BCUT2D eigenvalue weighted by molar-refractivity contribution is 7.92. The summed E-state index contributed by atoms with van der Waals surface area (Å²) >= 11 is 0. The van der Waals surface area contributed by atoms with Crippen LogP contribution in [0.3, 0.4) is 0 Å². The number of unbranched alkanes of at least 4 members (excludes halogenated alkanes) is 2. The van der Waals surface area contributed by atoms with E-state index in [0.29, 0.717) is 29.0 Å². The maximum Gasteiger partial charge on any atom is 0.239 e. The zero-order valence-corrected chi connectivity index (χ0v) is 16.8. The van der Waals surface area contributed by atoms with E-state index in [2.05, 4.69) is 10.3 Å². The summed E-state index contributed by atoms with van der Waals surface area (Å²) in [5.74, 6) is -0.430. The molecule has 0 saturated carbocycles. The summed E-state index contributed by atoms with van der Waals surface area (Å²) in [6, 6.07) is 10.2. The average Bonchev–Trinajstić information content (AvgIpc) is 2.64. The molecule has 1 heterocycles. The van der Waals surface area contributed by atoms with Gasteiger partial charge in [-0.15, -0.1) is 0 Å². The minimum absolute atomic E-state index is 0.0192. The quantitative estimate of drug-likeness (QED) is 0.643. The molecule has 2 aromatic rings. The number of nitriles is 1. The van der Waals surface area contributed by atoms with Crippen LogP contribution in [0.25, 0.3) is 0 Å². The first kappa shape index (κ1) is 21.4. The number of hydrogen-bond donors (Lipinski definition) is 1. The lowest BCUT2D eigenvalue weighted by Gasteiger charge is -2.11. The highest BCUT2D eigenvalue weighted by Gasteiger charge is 2.17. The van der Waals surface area contributed by atoms with Crippen molar-refractivity contribution in [2.45, 2.75) is 33.1 Å². The molecule has 148 valence electrons. The third-order valence-corrected chi connectivity index (χ3v) is 5.60. The van der Waals surface area contributed by atoms with Crippen molar-refractivity contribution in [2.24, 2.45) is 0 Å². The monoisotopic (exact) mass is 401 g/mol. The number of carbonyl (C=O) groups is 1. The molecule has 0 bridgehead atoms. The number of anilines is 1. The summed E-state index contributed by atoms with van der Waals surface area (Å²) in [6.45, 7) is 3.76. The molecule has 28 heavy (non-hydrogen) atoms. The van der Waals surface area contributed by atoms with Gasteiger partial charge in [0.1, 0.15) is 23.1 Å². The van der Waals surface area contributed by atoms with Gasteiger partial charge in [0.05, 0.1) is 5.75 Å². The van der Waals surface area contributed by atoms with Crippen LogP contribution >= 0.6 is 0 Å². The van der Waals surface area contributed by atoms with Gasteiger partial charge < -0.3 is 10.1 Å². The zero-order chi connectivity index (χ0) is 20.6. The Morgan fingerprint density at radius 1 is 1.29 bits per heavy atom. The van der Waals surface area contributed by atoms with E-state index in [0.717, 1.165) is 12.8 Å². The van der Waals surface area contributed by atoms with Gasteiger partial charge in [-0.05, 0) is 49.2 Å². The number of pyridine rings is 1. The Morgan fingerprint density at radius 2 is 2.07 bits per heavy atom. The molecule has 0 aliphatic heterocycles. The normalized spacial score (nSPS) is 10.9. The number of nitrogens with zero attached hydrogens (tertiary/aromatic N) is 2. The van der Waals surface area contributed by atoms with Crippen LogP contribution in [0, 0.1) is 18.3 Å². The van der Waals surface area contributed by atoms with Gasteiger partial charge >= 0.3 is 0 Å². The van der Waals surface area contributed by atoms with Crippen LogP contribution in [0.2, 0.25) is 0 Å². The fourth-order valence-corrected chi connectivity index (χ4v) is 3.80. The van der Waals surface area contributed by atoms with Crippen molar-refractivity contribution in [1.82, 2.24) is 4.98 Å². The number of ether oxygens (including phenoxy) is 1. The summed E-state index contributed by atoms with van der Waals surface area (Å²) in [5, 5.41) is 11.7. The molecule has 7 nitrogen and oxygen atoms in total. The zero-order valence-electron chi connectivity index (χ0n) is 15.9. The van der Waals surface area contributed by atoms with Crippen LogP contribution in [0.15, 0.2) is 36.5 Å². The molecule has 1 aromatic carbocycles. The van der Waals surface area contributed by atoms with Crippen molar-refractivity contribution in [3.05, 3.63) is 47.7 Å². The van der Waals surface area contributed by atoms with E-state index >= 15 is 0 Å². The molecule has 1 aromatic heterocycles. The Morgan fingerprint density at radius 3 is 2.75 bits per heavy atom. The summed E-state index contributed by atoms with van der Waals surface area (Å²) in [4.78, 5) is 16.1. The summed E-state index contributed by atoms with van der Waals surface area (Å²) in [7, 11) is -3.42. The predicted molar refractivity (Wildman–Crippen MR) is 107 cm³/mol. The van der Waals surface area contributed by atoms with Crippen molar-refractivity contribution in [3.63, 3.8) is 0 Å². The minimum Gasteiger partial charge on any atom is -0.438 e. The Bertz CT molecular complexity index is 981. The molecule has 0 fully saturated rings. The van der Waals surface area contributed by atoms with Gasteiger partial charge in [0, 0.05) is 11.9 Å². The fourth-order valence-electron chi connectivity index (χ4n) is 2.54. The Hall–Kier alpha value is -2.92. The van der Waals surface area contributed by atoms with Crippen molar-refractivity contribution in [3.8, 4) is 17.7 Å². The van der Waals surface area contributed by atoms with Gasteiger partial charge in [0.25, 0.3) is 0 Å². The molecule has 0 aliphatic rings. The third-order valence-electron chi connectivity index (χ3n) is 3.99. The number of aryl methyl sites for hydroxylation is 1. The summed E-state index contributed by atoms with van der Waals surface area (Å²) in [5.41, 5.74) is 1.51. The predicted octanol–water partition coefficient (Wildman–Crippen LogP) is 3.60. The number of aromatic nitrogens is 1. The third kappa shape index (κ3) is 6.35. The van der Waals surface area contributed by atoms with Crippen molar-refractivity contribution in [1.29, 1.82) is 5.26 Å². The second kappa shape index (κ2) is 9.85. The van der Waals surface area contributed by atoms with Crippen LogP contribution in [0.5, 0.6) is 11.6 Å². The first-order valence-corrected chi connectivity index (χ1v) is 10.8. The van der Waals surface area contributed by atoms with Crippen LogP contribution in [-0.4, -0.2) is 30.8 Å². The Balaban J connectivity index is 2.02. The van der Waals surface area contributed by atoms with E-state index in [9.17, 15) is 13.2 Å². The van der Waals surface area contributed by atoms with Gasteiger partial charge in [-0.2, -0.15) is 5.26 Å². The molecule has 0 atom stereocenters. The van der Waals surface area contributed by atoms with E-state index in [1.165, 1.54) is 6.20 Å². The second-order valence-electron chi connectivity index (χ2n) is 6.39. The van der Waals surface area contributed by atoms with Gasteiger partial charge in [0.15, 0.2) is 9.84 Å². The van der Waals surface area contributed by atoms with E-state index in [4.69, 9.17) is 10.00 Å². The standard InChI is InChI=1S/C20H23N3O4S/c1-3-4-5-11-28(25,26)14-19(24)23-18-9-8-17(12-15(18)2)27-20-16(13-21)7-6-10-22-20/h6-10,12H,3-5,11,14H2,1-2H3,(H,23,24). The van der Waals surface area contributed by atoms with E-state index in [1.54, 1.807) is 37.3 Å². The molecule has 0 radical (unpaired) electrons. The van der Waals surface area contributed by atoms with Crippen molar-refractivity contribution < 1.29 is 17.9 Å². The molecule has 8 heteroatoms. The maximum absolute atomic E-state index is 12.1. The molecular formula is C20H23N3O4S. The fraction of sp³-hybridized carbons (Fsp3) is 0.350. The number of carbonyl (C=O) groups excluding carboxylic acids is 1. The first-order valence-electron chi connectivity index (χ1n) is 8.98. The van der Waals surface area contributed by atoms with E-state index < -0.39 is 21.5 Å². The van der Waals surface area contributed by atoms with Gasteiger partial charge in [-0.3, -0.25) is 4.79 Å². The second-order valence-corrected chi connectivity index (χ2v) is 8.58. The largest absolute Gasteiger partial charge is 0.438 e. The number of hydrogen-bond acceptors (Lipinski definition) is 6. The molecular weight excluding hydrogens is 378 g/mol. The highest BCUT2D eigenvalue weighted by atomic mass is 32.2. The van der Waals surface area contributed by atoms with Gasteiger partial charge in [0.2, 0.25) is 11.8 Å². The van der Waals surface area contributed by atoms with Crippen LogP contribution < -0.4 is 10.1 Å². The average molecular weight is 401 g/mol. The first-order chi connectivity index (χ1) is 13.3. The molecule has 0 spiro atoms. The molecule has 2 rings (SSSR count). The lowest BCUT2D eigenvalue weighted by Crippen LogP contribution is -2.25. The topological polar surface area (TPSA) is 109 Å². The highest BCUT2D eigenvalue weighted by Crippen LogP contribution is 2.26. The molecule has 0 aliphatic carbocycles. The van der Waals surface area contributed by atoms with Crippen molar-refractivity contribution >= 4 is 21.4 Å². The molecule has 0 saturated heterocycles. The minimum atomic E-state index is -3.42. The number of nitrogens with one attached hydrogen (secondary N) is 1. The molecule has 0 unspecified atom stereocenters. The van der Waals surface area contributed by atoms with Gasteiger partial charge in [-0.25, -0.2) is 13.4 Å². The Kier molecular flexibility index (Phi) is 7.52. The number of amides is 1. The molecule has 1 N–H and O–H groups in total. The lowest BCUT2D eigenvalue weighted by molar-refractivity contribution is -0.113. The van der Waals surface area contributed by atoms with Crippen molar-refractivity contribution in [2.75, 3.05) is 16.8 Å². The summed E-state index contributed by atoms with van der Waals surface area (Å²) < 4.78 is 29.6. The van der Waals surface area contributed by atoms with Crippen LogP contribution in [0.1, 0.15) is 37.3 Å². The number of sulfone groups is 1. The van der Waals surface area contributed by atoms with Crippen LogP contribution in [0.4, 0.5) is 5.69 Å². The van der Waals surface area contributed by atoms with Crippen LogP contribution in [-0.2, 0) is 14.6 Å². The van der Waals surface area contributed by atoms with E-state index in [-0.39, 0.29) is 11.6 Å². The lowest BCUT2D eigenvalue weighted by atomic mass is 10.2. The van der Waals surface area contributed by atoms with E-state index in [1.807, 2.05) is 13.0 Å². The van der Waals surface area contributed by atoms with Gasteiger partial charge in [-0.1, -0.05) is 19.8 Å². The SMILES string of the molecule is CCCCCS(=O)(=O)CC(=O)Nc1ccc(Oc2ncccc2C#N)cc1C. The maximum atomic E-state index is 12.1. The number of benzene rings is 1. The smallest absolute Gasteiger partial charge is 0.239 e. The number of rotatable bonds is 9. The molecule has 1 amide bonds. The Labute approximate surface area is 165 Å². The summed E-state index contributed by atoms with van der Waals surface area (Å²) in [6.07, 6.45) is 3.84.